The molecule has 2 aromatic carbocycles. The van der Waals surface area contributed by atoms with Gasteiger partial charge in [0.05, 0.1) is 11.5 Å². The van der Waals surface area contributed by atoms with E-state index in [0.29, 0.717) is 10.9 Å². The third kappa shape index (κ3) is 3.90. The Labute approximate surface area is 153 Å². The number of esters is 1. The van der Waals surface area contributed by atoms with Crippen molar-refractivity contribution in [3.8, 4) is 5.75 Å². The number of carbonyl (C=O) groups excluding carboxylic acids is 1. The first-order chi connectivity index (χ1) is 12.8. The maximum absolute atomic E-state index is 12.3. The van der Waals surface area contributed by atoms with Crippen molar-refractivity contribution >= 4 is 32.7 Å². The number of nitro groups is 1. The largest absolute Gasteiger partial charge is 0.461 e. The zero-order chi connectivity index (χ0) is 19.6. The van der Waals surface area contributed by atoms with Gasteiger partial charge >= 0.3 is 16.1 Å². The first-order valence-electron chi connectivity index (χ1n) is 7.79. The number of nitrogens with zero attached hydrogens (tertiary/aromatic N) is 1. The fourth-order valence-corrected chi connectivity index (χ4v) is 3.31. The van der Waals surface area contributed by atoms with Gasteiger partial charge in [-0.2, -0.15) is 8.42 Å². The summed E-state index contributed by atoms with van der Waals surface area (Å²) in [6.45, 7) is 1.92. The second-order valence-electron chi connectivity index (χ2n) is 5.44. The maximum atomic E-state index is 12.3. The predicted octanol–water partition coefficient (Wildman–Crippen LogP) is 3.02. The molecule has 0 aliphatic carbocycles. The van der Waals surface area contributed by atoms with E-state index in [1.54, 1.807) is 13.0 Å². The average Bonchev–Trinajstić information content (AvgIpc) is 3.05. The molecule has 0 unspecified atom stereocenters. The molecule has 0 saturated heterocycles. The van der Waals surface area contributed by atoms with Crippen LogP contribution in [0, 0.1) is 10.1 Å². The number of carbonyl (C=O) groups is 1. The van der Waals surface area contributed by atoms with Gasteiger partial charge in [0, 0.05) is 23.0 Å². The standard InChI is InChI=1S/C17H14N2O7S/c1-2-25-17(20)16-10-11-9-13(5-8-15(11)18-16)26-27(23,24)14-6-3-12(4-7-14)19(21)22/h3-10,18H,2H2,1H3. The number of nitro benzene ring substituents is 1. The molecule has 0 aliphatic rings. The topological polar surface area (TPSA) is 129 Å². The summed E-state index contributed by atoms with van der Waals surface area (Å²) in [4.78, 5) is 24.5. The summed E-state index contributed by atoms with van der Waals surface area (Å²) in [5, 5.41) is 11.2. The third-order valence-corrected chi connectivity index (χ3v) is 4.89. The summed E-state index contributed by atoms with van der Waals surface area (Å²) in [5.41, 5.74) is 0.620. The van der Waals surface area contributed by atoms with Gasteiger partial charge in [0.1, 0.15) is 16.3 Å². The van der Waals surface area contributed by atoms with Crippen molar-refractivity contribution in [1.29, 1.82) is 0 Å². The predicted molar refractivity (Wildman–Crippen MR) is 95.2 cm³/mol. The van der Waals surface area contributed by atoms with E-state index < -0.39 is 21.0 Å². The van der Waals surface area contributed by atoms with Crippen LogP contribution in [0.4, 0.5) is 5.69 Å². The van der Waals surface area contributed by atoms with E-state index in [1.807, 2.05) is 0 Å². The van der Waals surface area contributed by atoms with Crippen LogP contribution in [-0.2, 0) is 14.9 Å². The Hall–Kier alpha value is -3.40. The minimum Gasteiger partial charge on any atom is -0.461 e. The van der Waals surface area contributed by atoms with Crippen molar-refractivity contribution in [2.45, 2.75) is 11.8 Å². The van der Waals surface area contributed by atoms with Crippen molar-refractivity contribution in [3.63, 3.8) is 0 Å². The third-order valence-electron chi connectivity index (χ3n) is 3.63. The maximum Gasteiger partial charge on any atom is 0.354 e. The summed E-state index contributed by atoms with van der Waals surface area (Å²) in [5.74, 6) is -0.482. The molecule has 3 rings (SSSR count). The molecule has 0 aliphatic heterocycles. The number of H-pyrrole nitrogens is 1. The number of benzene rings is 2. The summed E-state index contributed by atoms with van der Waals surface area (Å²) in [6.07, 6.45) is 0. The summed E-state index contributed by atoms with van der Waals surface area (Å²) in [7, 11) is -4.17. The molecule has 1 heterocycles. The van der Waals surface area contributed by atoms with Gasteiger partial charge in [-0.05, 0) is 43.3 Å². The minimum absolute atomic E-state index is 0.0373. The van der Waals surface area contributed by atoms with E-state index in [4.69, 9.17) is 8.92 Å². The zero-order valence-electron chi connectivity index (χ0n) is 14.0. The van der Waals surface area contributed by atoms with E-state index in [9.17, 15) is 23.3 Å². The van der Waals surface area contributed by atoms with E-state index >= 15 is 0 Å². The summed E-state index contributed by atoms with van der Waals surface area (Å²) in [6, 6.07) is 10.3. The Bertz CT molecular complexity index is 1120. The Morgan fingerprint density at radius 2 is 1.85 bits per heavy atom. The molecular formula is C17H14N2O7S. The summed E-state index contributed by atoms with van der Waals surface area (Å²) < 4.78 is 34.7. The Kier molecular flexibility index (Phi) is 4.82. The molecule has 140 valence electrons. The van der Waals surface area contributed by atoms with Crippen LogP contribution < -0.4 is 4.18 Å². The molecule has 0 radical (unpaired) electrons. The molecular weight excluding hydrogens is 376 g/mol. The van der Waals surface area contributed by atoms with E-state index in [2.05, 4.69) is 4.98 Å². The van der Waals surface area contributed by atoms with Gasteiger partial charge in [0.2, 0.25) is 0 Å². The fraction of sp³-hybridized carbons (Fsp3) is 0.118. The van der Waals surface area contributed by atoms with Crippen molar-refractivity contribution < 1.29 is 27.1 Å². The molecule has 10 heteroatoms. The molecule has 0 bridgehead atoms. The van der Waals surface area contributed by atoms with Gasteiger partial charge in [0.15, 0.2) is 0 Å². The van der Waals surface area contributed by atoms with Crippen LogP contribution >= 0.6 is 0 Å². The lowest BCUT2D eigenvalue weighted by Gasteiger charge is -2.07. The number of ether oxygens (including phenoxy) is 1. The van der Waals surface area contributed by atoms with Crippen molar-refractivity contribution in [2.75, 3.05) is 6.61 Å². The highest BCUT2D eigenvalue weighted by molar-refractivity contribution is 7.87. The van der Waals surface area contributed by atoms with Crippen LogP contribution in [0.15, 0.2) is 53.4 Å². The lowest BCUT2D eigenvalue weighted by molar-refractivity contribution is -0.384. The number of aromatic nitrogens is 1. The van der Waals surface area contributed by atoms with Crippen molar-refractivity contribution in [1.82, 2.24) is 4.98 Å². The molecule has 0 atom stereocenters. The molecule has 1 N–H and O–H groups in total. The van der Waals surface area contributed by atoms with Gasteiger partial charge in [-0.25, -0.2) is 4.79 Å². The van der Waals surface area contributed by atoms with Gasteiger partial charge in [-0.3, -0.25) is 10.1 Å². The van der Waals surface area contributed by atoms with Crippen LogP contribution in [0.3, 0.4) is 0 Å². The Morgan fingerprint density at radius 1 is 1.15 bits per heavy atom. The first-order valence-corrected chi connectivity index (χ1v) is 9.20. The van der Waals surface area contributed by atoms with Crippen molar-refractivity contribution in [2.24, 2.45) is 0 Å². The first kappa shape index (κ1) is 18.4. The molecule has 9 nitrogen and oxygen atoms in total. The number of hydrogen-bond acceptors (Lipinski definition) is 7. The van der Waals surface area contributed by atoms with Crippen LogP contribution in [0.25, 0.3) is 10.9 Å². The van der Waals surface area contributed by atoms with E-state index in [0.717, 1.165) is 24.3 Å². The van der Waals surface area contributed by atoms with Gasteiger partial charge in [0.25, 0.3) is 5.69 Å². The van der Waals surface area contributed by atoms with Crippen LogP contribution in [0.1, 0.15) is 17.4 Å². The van der Waals surface area contributed by atoms with Crippen LogP contribution in [-0.4, -0.2) is 30.9 Å². The molecule has 1 aromatic heterocycles. The molecule has 0 fully saturated rings. The molecule has 3 aromatic rings. The SMILES string of the molecule is CCOC(=O)c1cc2cc(OS(=O)(=O)c3ccc([N+](=O)[O-])cc3)ccc2[nH]1. The van der Waals surface area contributed by atoms with E-state index in [-0.39, 0.29) is 28.6 Å². The number of rotatable bonds is 6. The highest BCUT2D eigenvalue weighted by Crippen LogP contribution is 2.25. The molecule has 0 saturated carbocycles. The normalized spacial score (nSPS) is 11.3. The number of non-ortho nitro benzene ring substituents is 1. The zero-order valence-corrected chi connectivity index (χ0v) is 14.9. The lowest BCUT2D eigenvalue weighted by Crippen LogP contribution is -2.09. The lowest BCUT2D eigenvalue weighted by atomic mass is 10.2. The second kappa shape index (κ2) is 7.08. The van der Waals surface area contributed by atoms with Gasteiger partial charge in [-0.15, -0.1) is 0 Å². The Balaban J connectivity index is 1.86. The molecule has 27 heavy (non-hydrogen) atoms. The molecule has 0 spiro atoms. The number of hydrogen-bond donors (Lipinski definition) is 1. The monoisotopic (exact) mass is 390 g/mol. The summed E-state index contributed by atoms with van der Waals surface area (Å²) >= 11 is 0. The second-order valence-corrected chi connectivity index (χ2v) is 6.99. The quantitative estimate of drug-likeness (QED) is 0.296. The highest BCUT2D eigenvalue weighted by atomic mass is 32.2. The minimum atomic E-state index is -4.17. The van der Waals surface area contributed by atoms with Crippen LogP contribution in [0.2, 0.25) is 0 Å². The van der Waals surface area contributed by atoms with Gasteiger partial charge in [-0.1, -0.05) is 0 Å². The van der Waals surface area contributed by atoms with Crippen molar-refractivity contribution in [3.05, 3.63) is 64.3 Å². The van der Waals surface area contributed by atoms with Crippen LogP contribution in [0.5, 0.6) is 5.75 Å². The fourth-order valence-electron chi connectivity index (χ4n) is 2.39. The highest BCUT2D eigenvalue weighted by Gasteiger charge is 2.19. The number of fused-ring (bicyclic) bond motifs is 1. The Morgan fingerprint density at radius 3 is 2.48 bits per heavy atom. The smallest absolute Gasteiger partial charge is 0.354 e. The average molecular weight is 390 g/mol. The van der Waals surface area contributed by atoms with E-state index in [1.165, 1.54) is 18.2 Å². The number of nitrogens with one attached hydrogen (secondary N) is 1. The number of aromatic amines is 1. The van der Waals surface area contributed by atoms with Gasteiger partial charge < -0.3 is 13.9 Å². The molecule has 0 amide bonds.